The Hall–Kier alpha value is -8.07. The van der Waals surface area contributed by atoms with Crippen LogP contribution in [0, 0.1) is 6.92 Å². The van der Waals surface area contributed by atoms with Crippen molar-refractivity contribution in [3.8, 4) is 22.6 Å². The number of nitrogens with zero attached hydrogens (tertiary/aromatic N) is 2. The number of benzene rings is 8. The summed E-state index contributed by atoms with van der Waals surface area (Å²) in [6.45, 7) is 9.92. The van der Waals surface area contributed by atoms with Gasteiger partial charge >= 0.3 is 12.1 Å². The van der Waals surface area contributed by atoms with Gasteiger partial charge in [-0.3, -0.25) is 0 Å². The second kappa shape index (κ2) is 20.0. The minimum atomic E-state index is -0.760. The van der Waals surface area contributed by atoms with Crippen LogP contribution in [0.2, 0.25) is 0 Å². The predicted molar refractivity (Wildman–Crippen MR) is 260 cm³/mol. The molecule has 0 bridgehead atoms. The number of carbonyl (C=O) groups excluding carboxylic acids is 1. The Bertz CT molecular complexity index is 2790. The lowest BCUT2D eigenvalue weighted by Gasteiger charge is -2.26. The van der Waals surface area contributed by atoms with Crippen molar-refractivity contribution in [1.82, 2.24) is 0 Å². The smallest absolute Gasteiger partial charge is 0.434 e. The van der Waals surface area contributed by atoms with Crippen LogP contribution in [-0.2, 0) is 21.5 Å². The van der Waals surface area contributed by atoms with Crippen LogP contribution in [0.15, 0.2) is 219 Å². The van der Waals surface area contributed by atoms with E-state index in [0.717, 1.165) is 61.9 Å². The summed E-state index contributed by atoms with van der Waals surface area (Å²) in [5, 5.41) is 8.69. The molecule has 8 rings (SSSR count). The molecule has 0 amide bonds. The van der Waals surface area contributed by atoms with Gasteiger partial charge in [0.2, 0.25) is 0 Å². The monoisotopic (exact) mass is 858 g/mol. The molecule has 0 aromatic heterocycles. The van der Waals surface area contributed by atoms with Crippen LogP contribution in [0.5, 0.6) is 11.5 Å². The van der Waals surface area contributed by atoms with Gasteiger partial charge in [-0.15, -0.1) is 0 Å². The molecule has 8 heteroatoms. The molecule has 8 aromatic carbocycles. The normalized spacial score (nSPS) is 11.0. The fraction of sp³-hybridized carbons (Fsp3) is 0.105. The Morgan fingerprint density at radius 3 is 1.32 bits per heavy atom. The third kappa shape index (κ3) is 10.6. The van der Waals surface area contributed by atoms with Crippen LogP contribution in [0.1, 0.15) is 36.1 Å². The second-order valence-electron chi connectivity index (χ2n) is 16.1. The van der Waals surface area contributed by atoms with Crippen LogP contribution < -0.4 is 19.3 Å². The first-order chi connectivity index (χ1) is 31.6. The SMILES string of the molecule is C=C(OO)Oc1ccc(C(C)(C)c2ccc(OC(=O)OCCc3ccc(N(c4ccccc4)c4ccc(-c5ccc(N(c6ccccc6)c6ccc(C)cc6)cc5)cc4)cc3)cc2)cc1. The summed E-state index contributed by atoms with van der Waals surface area (Å²) in [6.07, 6.45) is -0.232. The molecule has 0 fully saturated rings. The molecular formula is C57H50N2O6. The average molecular weight is 859 g/mol. The number of rotatable bonds is 16. The quantitative estimate of drug-likeness (QED) is 0.0338. The molecule has 65 heavy (non-hydrogen) atoms. The summed E-state index contributed by atoms with van der Waals surface area (Å²) in [5.74, 6) is 0.663. The van der Waals surface area contributed by atoms with Crippen molar-refractivity contribution in [3.63, 3.8) is 0 Å². The fourth-order valence-corrected chi connectivity index (χ4v) is 7.73. The van der Waals surface area contributed by atoms with Gasteiger partial charge in [-0.05, 0) is 138 Å². The zero-order valence-corrected chi connectivity index (χ0v) is 36.6. The van der Waals surface area contributed by atoms with E-state index in [1.54, 1.807) is 24.3 Å². The fourth-order valence-electron chi connectivity index (χ4n) is 7.73. The van der Waals surface area contributed by atoms with E-state index in [1.165, 1.54) is 5.56 Å². The largest absolute Gasteiger partial charge is 0.513 e. The van der Waals surface area contributed by atoms with Gasteiger partial charge in [0.25, 0.3) is 0 Å². The van der Waals surface area contributed by atoms with E-state index >= 15 is 0 Å². The van der Waals surface area contributed by atoms with Gasteiger partial charge in [0.1, 0.15) is 11.5 Å². The minimum absolute atomic E-state index is 0.169. The van der Waals surface area contributed by atoms with E-state index in [2.05, 4.69) is 175 Å². The van der Waals surface area contributed by atoms with Crippen molar-refractivity contribution in [2.75, 3.05) is 16.4 Å². The highest BCUT2D eigenvalue weighted by molar-refractivity contribution is 5.81. The zero-order valence-electron chi connectivity index (χ0n) is 36.6. The van der Waals surface area contributed by atoms with Gasteiger partial charge < -0.3 is 28.9 Å². The summed E-state index contributed by atoms with van der Waals surface area (Å²) in [6, 6.07) is 69.8. The summed E-state index contributed by atoms with van der Waals surface area (Å²) in [5.41, 5.74) is 12.6. The highest BCUT2D eigenvalue weighted by Gasteiger charge is 2.24. The van der Waals surface area contributed by atoms with Gasteiger partial charge in [-0.1, -0.05) is 129 Å². The number of hydrogen-bond donors (Lipinski definition) is 1. The van der Waals surface area contributed by atoms with Gasteiger partial charge in [0.05, 0.1) is 6.61 Å². The molecule has 0 heterocycles. The first kappa shape index (κ1) is 43.6. The number of ether oxygens (including phenoxy) is 3. The standard InChI is InChI=1S/C57H50N2O6/c1-41-15-27-50(28-16-41)58(48-11-7-5-8-12-48)52-31-19-44(20-32-52)45-21-33-53(34-22-45)59(49-13-9-6-10-14-49)51-29-17-43(18-30-51)39-40-62-56(60)64-55-37-25-47(26-38-55)57(3,4)46-23-35-54(36-24-46)63-42(2)65-61/h5-38,61H,2,39-40H2,1,3-4H3. The molecule has 0 aliphatic heterocycles. The zero-order chi connectivity index (χ0) is 45.2. The van der Waals surface area contributed by atoms with Gasteiger partial charge in [0.15, 0.2) is 0 Å². The van der Waals surface area contributed by atoms with Crippen molar-refractivity contribution in [2.24, 2.45) is 0 Å². The summed E-state index contributed by atoms with van der Waals surface area (Å²) < 4.78 is 16.3. The number of hydrogen-bond acceptors (Lipinski definition) is 8. The summed E-state index contributed by atoms with van der Waals surface area (Å²) in [4.78, 5) is 21.2. The molecule has 0 spiro atoms. The topological polar surface area (TPSA) is 80.7 Å². The molecule has 0 aliphatic carbocycles. The van der Waals surface area contributed by atoms with Crippen molar-refractivity contribution in [3.05, 3.63) is 241 Å². The van der Waals surface area contributed by atoms with Gasteiger partial charge in [-0.25, -0.2) is 4.79 Å². The molecule has 1 N–H and O–H groups in total. The minimum Gasteiger partial charge on any atom is -0.434 e. The van der Waals surface area contributed by atoms with Crippen LogP contribution in [-0.4, -0.2) is 18.0 Å². The van der Waals surface area contributed by atoms with Crippen molar-refractivity contribution >= 4 is 40.3 Å². The lowest BCUT2D eigenvalue weighted by Crippen LogP contribution is -2.19. The Balaban J connectivity index is 0.887. The molecule has 0 radical (unpaired) electrons. The van der Waals surface area contributed by atoms with Crippen LogP contribution in [0.25, 0.3) is 11.1 Å². The maximum Gasteiger partial charge on any atom is 0.513 e. The third-order valence-corrected chi connectivity index (χ3v) is 11.4. The number of aryl methyl sites for hydroxylation is 1. The number of anilines is 6. The first-order valence-corrected chi connectivity index (χ1v) is 21.4. The highest BCUT2D eigenvalue weighted by Crippen LogP contribution is 2.39. The van der Waals surface area contributed by atoms with E-state index in [4.69, 9.17) is 19.5 Å². The number of carbonyl (C=O) groups is 1. The van der Waals surface area contributed by atoms with E-state index in [9.17, 15) is 4.79 Å². The molecule has 8 nitrogen and oxygen atoms in total. The van der Waals surface area contributed by atoms with Gasteiger partial charge in [-0.2, -0.15) is 5.26 Å². The molecule has 0 saturated carbocycles. The summed E-state index contributed by atoms with van der Waals surface area (Å²) in [7, 11) is 0. The van der Waals surface area contributed by atoms with Crippen LogP contribution >= 0.6 is 0 Å². The molecule has 0 atom stereocenters. The molecule has 0 saturated heterocycles. The van der Waals surface area contributed by atoms with E-state index in [1.807, 2.05) is 48.5 Å². The molecule has 0 unspecified atom stereocenters. The Labute approximate surface area is 380 Å². The summed E-state index contributed by atoms with van der Waals surface area (Å²) >= 11 is 0. The predicted octanol–water partition coefficient (Wildman–Crippen LogP) is 15.0. The highest BCUT2D eigenvalue weighted by atomic mass is 17.1. The van der Waals surface area contributed by atoms with Crippen LogP contribution in [0.4, 0.5) is 38.9 Å². The Morgan fingerprint density at radius 2 is 0.892 bits per heavy atom. The van der Waals surface area contributed by atoms with Crippen molar-refractivity contribution in [2.45, 2.75) is 32.6 Å². The Morgan fingerprint density at radius 1 is 0.508 bits per heavy atom. The van der Waals surface area contributed by atoms with Crippen molar-refractivity contribution < 1.29 is 29.1 Å². The molecule has 0 aliphatic rings. The molecule has 324 valence electrons. The maximum absolute atomic E-state index is 12.7. The number of para-hydroxylation sites is 2. The first-order valence-electron chi connectivity index (χ1n) is 21.4. The average Bonchev–Trinajstić information content (AvgIpc) is 3.34. The third-order valence-electron chi connectivity index (χ3n) is 11.4. The lowest BCUT2D eigenvalue weighted by atomic mass is 9.78. The second-order valence-corrected chi connectivity index (χ2v) is 16.1. The maximum atomic E-state index is 12.7. The molecular weight excluding hydrogens is 809 g/mol. The van der Waals surface area contributed by atoms with E-state index < -0.39 is 6.16 Å². The van der Waals surface area contributed by atoms with E-state index in [0.29, 0.717) is 17.9 Å². The Kier molecular flexibility index (Phi) is 13.4. The van der Waals surface area contributed by atoms with Gasteiger partial charge in [0, 0.05) is 46.0 Å². The lowest BCUT2D eigenvalue weighted by molar-refractivity contribution is -0.230. The van der Waals surface area contributed by atoms with Crippen LogP contribution in [0.3, 0.4) is 0 Å². The van der Waals surface area contributed by atoms with Crippen molar-refractivity contribution in [1.29, 1.82) is 0 Å². The van der Waals surface area contributed by atoms with E-state index in [-0.39, 0.29) is 18.0 Å². The molecule has 8 aromatic rings.